The Hall–Kier alpha value is -1.71. The van der Waals surface area contributed by atoms with Crippen LogP contribution in [-0.4, -0.2) is 30.2 Å². The molecule has 17 heavy (non-hydrogen) atoms. The minimum absolute atomic E-state index is 0.867. The third-order valence-corrected chi connectivity index (χ3v) is 3.33. The third kappa shape index (κ3) is 1.95. The Kier molecular flexibility index (Phi) is 2.63. The predicted molar refractivity (Wildman–Crippen MR) is 68.7 cm³/mol. The fourth-order valence-electron chi connectivity index (χ4n) is 2.36. The normalized spacial score (nSPS) is 16.4. The summed E-state index contributed by atoms with van der Waals surface area (Å²) in [5, 5.41) is 0. The SMILES string of the molecule is COc1ccc2nc(N3CCCCC3)[nH]c2c1. The lowest BCUT2D eigenvalue weighted by Crippen LogP contribution is -2.30. The summed E-state index contributed by atoms with van der Waals surface area (Å²) in [6.07, 6.45) is 3.87. The van der Waals surface area contributed by atoms with E-state index in [-0.39, 0.29) is 0 Å². The number of aromatic amines is 1. The Morgan fingerprint density at radius 3 is 2.82 bits per heavy atom. The summed E-state index contributed by atoms with van der Waals surface area (Å²) in [7, 11) is 1.68. The first kappa shape index (κ1) is 10.4. The van der Waals surface area contributed by atoms with E-state index in [4.69, 9.17) is 4.74 Å². The number of ether oxygens (including phenoxy) is 1. The summed E-state index contributed by atoms with van der Waals surface area (Å²) in [5.74, 6) is 1.86. The predicted octanol–water partition coefficient (Wildman–Crippen LogP) is 2.56. The molecule has 4 heteroatoms. The van der Waals surface area contributed by atoms with Gasteiger partial charge in [-0.05, 0) is 31.4 Å². The topological polar surface area (TPSA) is 41.1 Å². The number of H-pyrrole nitrogens is 1. The van der Waals surface area contributed by atoms with Crippen LogP contribution in [0.25, 0.3) is 11.0 Å². The zero-order valence-electron chi connectivity index (χ0n) is 10.1. The highest BCUT2D eigenvalue weighted by Gasteiger charge is 2.14. The van der Waals surface area contributed by atoms with Gasteiger partial charge >= 0.3 is 0 Å². The molecule has 1 N–H and O–H groups in total. The van der Waals surface area contributed by atoms with Crippen molar-refractivity contribution < 1.29 is 4.74 Å². The highest BCUT2D eigenvalue weighted by Crippen LogP contribution is 2.23. The van der Waals surface area contributed by atoms with Crippen molar-refractivity contribution in [3.05, 3.63) is 18.2 Å². The minimum Gasteiger partial charge on any atom is -0.497 e. The van der Waals surface area contributed by atoms with Gasteiger partial charge in [0.05, 0.1) is 18.1 Å². The zero-order chi connectivity index (χ0) is 11.7. The van der Waals surface area contributed by atoms with Crippen molar-refractivity contribution in [2.75, 3.05) is 25.1 Å². The van der Waals surface area contributed by atoms with Gasteiger partial charge in [-0.25, -0.2) is 4.98 Å². The molecule has 4 nitrogen and oxygen atoms in total. The average Bonchev–Trinajstić information content (AvgIpc) is 2.82. The molecule has 2 heterocycles. The van der Waals surface area contributed by atoms with Gasteiger partial charge in [-0.2, -0.15) is 0 Å². The summed E-state index contributed by atoms with van der Waals surface area (Å²) in [4.78, 5) is 10.3. The summed E-state index contributed by atoms with van der Waals surface area (Å²) >= 11 is 0. The van der Waals surface area contributed by atoms with Crippen LogP contribution in [0.3, 0.4) is 0 Å². The summed E-state index contributed by atoms with van der Waals surface area (Å²) < 4.78 is 5.22. The maximum absolute atomic E-state index is 5.22. The second-order valence-electron chi connectivity index (χ2n) is 4.49. The van der Waals surface area contributed by atoms with Gasteiger partial charge in [0.1, 0.15) is 5.75 Å². The molecule has 0 unspecified atom stereocenters. The van der Waals surface area contributed by atoms with Crippen LogP contribution in [0.5, 0.6) is 5.75 Å². The Labute approximate surface area is 101 Å². The van der Waals surface area contributed by atoms with E-state index >= 15 is 0 Å². The van der Waals surface area contributed by atoms with Gasteiger partial charge in [-0.3, -0.25) is 0 Å². The van der Waals surface area contributed by atoms with Crippen molar-refractivity contribution in [2.24, 2.45) is 0 Å². The average molecular weight is 231 g/mol. The van der Waals surface area contributed by atoms with Gasteiger partial charge in [-0.1, -0.05) is 0 Å². The summed E-state index contributed by atoms with van der Waals surface area (Å²) in [6.45, 7) is 2.22. The lowest BCUT2D eigenvalue weighted by atomic mass is 10.1. The second-order valence-corrected chi connectivity index (χ2v) is 4.49. The van der Waals surface area contributed by atoms with E-state index in [1.807, 2.05) is 18.2 Å². The molecule has 0 saturated carbocycles. The monoisotopic (exact) mass is 231 g/mol. The van der Waals surface area contributed by atoms with Crippen molar-refractivity contribution in [1.82, 2.24) is 9.97 Å². The van der Waals surface area contributed by atoms with Crippen molar-refractivity contribution in [1.29, 1.82) is 0 Å². The first-order valence-corrected chi connectivity index (χ1v) is 6.15. The second kappa shape index (κ2) is 4.28. The molecular formula is C13H17N3O. The van der Waals surface area contributed by atoms with E-state index in [2.05, 4.69) is 14.9 Å². The first-order valence-electron chi connectivity index (χ1n) is 6.15. The van der Waals surface area contributed by atoms with Crippen LogP contribution in [0.4, 0.5) is 5.95 Å². The van der Waals surface area contributed by atoms with E-state index < -0.39 is 0 Å². The van der Waals surface area contributed by atoms with Crippen molar-refractivity contribution >= 4 is 17.0 Å². The van der Waals surface area contributed by atoms with E-state index in [1.54, 1.807) is 7.11 Å². The Morgan fingerprint density at radius 2 is 2.06 bits per heavy atom. The number of nitrogens with zero attached hydrogens (tertiary/aromatic N) is 2. The molecular weight excluding hydrogens is 214 g/mol. The van der Waals surface area contributed by atoms with E-state index in [1.165, 1.54) is 19.3 Å². The summed E-state index contributed by atoms with van der Waals surface area (Å²) in [6, 6.07) is 5.94. The van der Waals surface area contributed by atoms with Crippen molar-refractivity contribution in [3.8, 4) is 5.75 Å². The lowest BCUT2D eigenvalue weighted by molar-refractivity contribution is 0.415. The molecule has 1 fully saturated rings. The number of aromatic nitrogens is 2. The molecule has 1 aliphatic heterocycles. The smallest absolute Gasteiger partial charge is 0.203 e. The molecule has 0 radical (unpaired) electrons. The van der Waals surface area contributed by atoms with Gasteiger partial charge in [0.15, 0.2) is 0 Å². The highest BCUT2D eigenvalue weighted by molar-refractivity contribution is 5.79. The molecule has 1 aromatic heterocycles. The van der Waals surface area contributed by atoms with Gasteiger partial charge in [0.2, 0.25) is 5.95 Å². The molecule has 0 amide bonds. The molecule has 0 spiro atoms. The Bertz CT molecular complexity index is 514. The standard InChI is InChI=1S/C13H17N3O/c1-17-10-5-6-11-12(9-10)15-13(14-11)16-7-3-2-4-8-16/h5-6,9H,2-4,7-8H2,1H3,(H,14,15). The number of hydrogen-bond acceptors (Lipinski definition) is 3. The largest absolute Gasteiger partial charge is 0.497 e. The number of piperidine rings is 1. The van der Waals surface area contributed by atoms with Gasteiger partial charge in [-0.15, -0.1) is 0 Å². The number of fused-ring (bicyclic) bond motifs is 1. The van der Waals surface area contributed by atoms with Crippen LogP contribution < -0.4 is 9.64 Å². The number of hydrogen-bond donors (Lipinski definition) is 1. The number of benzene rings is 1. The maximum Gasteiger partial charge on any atom is 0.203 e. The Morgan fingerprint density at radius 1 is 1.24 bits per heavy atom. The van der Waals surface area contributed by atoms with Gasteiger partial charge < -0.3 is 14.6 Å². The highest BCUT2D eigenvalue weighted by atomic mass is 16.5. The molecule has 3 rings (SSSR count). The van der Waals surface area contributed by atoms with Crippen LogP contribution in [0.1, 0.15) is 19.3 Å². The van der Waals surface area contributed by atoms with Gasteiger partial charge in [0, 0.05) is 19.2 Å². The lowest BCUT2D eigenvalue weighted by Gasteiger charge is -2.25. The molecule has 1 aliphatic rings. The number of methoxy groups -OCH3 is 1. The molecule has 0 bridgehead atoms. The van der Waals surface area contributed by atoms with E-state index in [0.29, 0.717) is 0 Å². The quantitative estimate of drug-likeness (QED) is 0.863. The maximum atomic E-state index is 5.22. The first-order chi connectivity index (χ1) is 8.36. The number of rotatable bonds is 2. The molecule has 90 valence electrons. The molecule has 1 saturated heterocycles. The van der Waals surface area contributed by atoms with Gasteiger partial charge in [0.25, 0.3) is 0 Å². The molecule has 2 aromatic rings. The Balaban J connectivity index is 1.95. The summed E-state index contributed by atoms with van der Waals surface area (Å²) in [5.41, 5.74) is 2.05. The van der Waals surface area contributed by atoms with Crippen molar-refractivity contribution in [3.63, 3.8) is 0 Å². The minimum atomic E-state index is 0.867. The van der Waals surface area contributed by atoms with Crippen LogP contribution in [0, 0.1) is 0 Å². The number of anilines is 1. The zero-order valence-corrected chi connectivity index (χ0v) is 10.1. The van der Waals surface area contributed by atoms with Crippen LogP contribution in [-0.2, 0) is 0 Å². The number of imidazole rings is 1. The fraction of sp³-hybridized carbons (Fsp3) is 0.462. The van der Waals surface area contributed by atoms with E-state index in [0.717, 1.165) is 35.8 Å². The number of nitrogens with one attached hydrogen (secondary N) is 1. The molecule has 0 aliphatic carbocycles. The van der Waals surface area contributed by atoms with Crippen LogP contribution >= 0.6 is 0 Å². The molecule has 1 aromatic carbocycles. The van der Waals surface area contributed by atoms with Crippen LogP contribution in [0.15, 0.2) is 18.2 Å². The van der Waals surface area contributed by atoms with Crippen molar-refractivity contribution in [2.45, 2.75) is 19.3 Å². The van der Waals surface area contributed by atoms with E-state index in [9.17, 15) is 0 Å². The third-order valence-electron chi connectivity index (χ3n) is 3.33. The molecule has 0 atom stereocenters. The fourth-order valence-corrected chi connectivity index (χ4v) is 2.36. The van der Waals surface area contributed by atoms with Crippen LogP contribution in [0.2, 0.25) is 0 Å².